The number of benzene rings is 3. The summed E-state index contributed by atoms with van der Waals surface area (Å²) in [6.45, 7) is 6.28. The van der Waals surface area contributed by atoms with Crippen molar-refractivity contribution >= 4 is 26.6 Å². The van der Waals surface area contributed by atoms with Gasteiger partial charge >= 0.3 is 0 Å². The van der Waals surface area contributed by atoms with E-state index in [1.807, 2.05) is 50.2 Å². The monoisotopic (exact) mass is 518 g/mol. The average Bonchev–Trinajstić information content (AvgIpc) is 2.93. The maximum Gasteiger partial charge on any atom is 0.246 e. The van der Waals surface area contributed by atoms with E-state index in [0.717, 1.165) is 27.8 Å². The molecule has 37 heavy (non-hydrogen) atoms. The van der Waals surface area contributed by atoms with Crippen LogP contribution in [0.15, 0.2) is 77.7 Å². The third-order valence-electron chi connectivity index (χ3n) is 6.42. The Balaban J connectivity index is 1.30. The van der Waals surface area contributed by atoms with Crippen molar-refractivity contribution in [1.82, 2.24) is 14.5 Å². The quantitative estimate of drug-likeness (QED) is 0.337. The normalized spacial score (nSPS) is 14.6. The van der Waals surface area contributed by atoms with Crippen LogP contribution in [0.3, 0.4) is 0 Å². The Kier molecular flexibility index (Phi) is 7.25. The van der Waals surface area contributed by atoms with Crippen LogP contribution < -0.4 is 14.4 Å². The maximum absolute atomic E-state index is 13.5. The van der Waals surface area contributed by atoms with Gasteiger partial charge < -0.3 is 14.4 Å². The van der Waals surface area contributed by atoms with Crippen LogP contribution in [0.2, 0.25) is 0 Å². The molecule has 5 rings (SSSR count). The van der Waals surface area contributed by atoms with Crippen molar-refractivity contribution in [3.63, 3.8) is 0 Å². The fourth-order valence-corrected chi connectivity index (χ4v) is 6.14. The Labute approximate surface area is 217 Å². The minimum atomic E-state index is -3.73. The van der Waals surface area contributed by atoms with Crippen molar-refractivity contribution in [2.75, 3.05) is 44.3 Å². The molecule has 3 aromatic carbocycles. The molecular formula is C28H30N4O4S. The summed E-state index contributed by atoms with van der Waals surface area (Å²) >= 11 is 0. The topological polar surface area (TPSA) is 84.9 Å². The lowest BCUT2D eigenvalue weighted by Crippen LogP contribution is -2.49. The molecule has 0 spiro atoms. The highest BCUT2D eigenvalue weighted by Crippen LogP contribution is 2.32. The zero-order valence-corrected chi connectivity index (χ0v) is 21.8. The molecule has 0 aliphatic carbocycles. The number of fused-ring (bicyclic) bond motifs is 1. The molecule has 1 aromatic heterocycles. The van der Waals surface area contributed by atoms with E-state index in [1.165, 1.54) is 4.31 Å². The molecular weight excluding hydrogens is 488 g/mol. The molecule has 4 aromatic rings. The van der Waals surface area contributed by atoms with Crippen LogP contribution in [0.4, 0.5) is 5.82 Å². The number of hydrogen-bond donors (Lipinski definition) is 0. The summed E-state index contributed by atoms with van der Waals surface area (Å²) in [4.78, 5) is 2.22. The smallest absolute Gasteiger partial charge is 0.246 e. The highest BCUT2D eigenvalue weighted by atomic mass is 32.2. The molecule has 0 amide bonds. The van der Waals surface area contributed by atoms with E-state index in [4.69, 9.17) is 9.47 Å². The molecule has 8 nitrogen and oxygen atoms in total. The minimum absolute atomic E-state index is 0.158. The Bertz CT molecular complexity index is 1480. The number of piperazine rings is 1. The first-order valence-corrected chi connectivity index (χ1v) is 13.9. The first kappa shape index (κ1) is 25.0. The average molecular weight is 519 g/mol. The van der Waals surface area contributed by atoms with Gasteiger partial charge in [0, 0.05) is 37.8 Å². The Morgan fingerprint density at radius 1 is 0.811 bits per heavy atom. The lowest BCUT2D eigenvalue weighted by atomic mass is 10.0. The van der Waals surface area contributed by atoms with Gasteiger partial charge in [0.15, 0.2) is 5.82 Å². The number of rotatable bonds is 8. The molecule has 0 saturated carbocycles. The minimum Gasteiger partial charge on any atom is -0.494 e. The van der Waals surface area contributed by atoms with Crippen LogP contribution in [0.5, 0.6) is 11.5 Å². The molecule has 192 valence electrons. The third-order valence-corrected chi connectivity index (χ3v) is 8.36. The Hall–Kier alpha value is -3.69. The van der Waals surface area contributed by atoms with Crippen LogP contribution in [0.25, 0.3) is 22.0 Å². The first-order chi connectivity index (χ1) is 18.0. The number of ether oxygens (including phenoxy) is 2. The maximum atomic E-state index is 13.5. The van der Waals surface area contributed by atoms with Gasteiger partial charge in [-0.15, -0.1) is 10.2 Å². The van der Waals surface area contributed by atoms with Gasteiger partial charge in [0.1, 0.15) is 16.4 Å². The molecule has 1 aliphatic heterocycles. The zero-order valence-electron chi connectivity index (χ0n) is 21.0. The molecule has 2 heterocycles. The van der Waals surface area contributed by atoms with E-state index in [0.29, 0.717) is 50.9 Å². The summed E-state index contributed by atoms with van der Waals surface area (Å²) < 4.78 is 39.6. The van der Waals surface area contributed by atoms with Crippen molar-refractivity contribution in [2.24, 2.45) is 0 Å². The van der Waals surface area contributed by atoms with E-state index in [9.17, 15) is 8.42 Å². The standard InChI is InChI=1S/C28H30N4O4S/c1-3-35-22-12-14-27(26(20-22)36-4-2)37(33,34)32-18-16-31(17-19-32)28-15-13-25(29-30-28)24-11-7-9-21-8-5-6-10-23(21)24/h5-15,20H,3-4,16-19H2,1-2H3. The van der Waals surface area contributed by atoms with Crippen LogP contribution in [0, 0.1) is 0 Å². The van der Waals surface area contributed by atoms with E-state index in [2.05, 4.69) is 33.3 Å². The second-order valence-electron chi connectivity index (χ2n) is 8.67. The van der Waals surface area contributed by atoms with Gasteiger partial charge in [0.25, 0.3) is 0 Å². The molecule has 0 N–H and O–H groups in total. The number of nitrogens with zero attached hydrogens (tertiary/aromatic N) is 4. The molecule has 0 radical (unpaired) electrons. The largest absolute Gasteiger partial charge is 0.494 e. The molecule has 9 heteroatoms. The van der Waals surface area contributed by atoms with Crippen LogP contribution >= 0.6 is 0 Å². The van der Waals surface area contributed by atoms with Crippen LogP contribution in [0.1, 0.15) is 13.8 Å². The second-order valence-corrected chi connectivity index (χ2v) is 10.6. The summed E-state index contributed by atoms with van der Waals surface area (Å²) in [7, 11) is -3.73. The number of aromatic nitrogens is 2. The van der Waals surface area contributed by atoms with Crippen LogP contribution in [-0.4, -0.2) is 62.3 Å². The van der Waals surface area contributed by atoms with E-state index in [-0.39, 0.29) is 4.90 Å². The van der Waals surface area contributed by atoms with Gasteiger partial charge in [0.2, 0.25) is 10.0 Å². The van der Waals surface area contributed by atoms with E-state index in [1.54, 1.807) is 18.2 Å². The second kappa shape index (κ2) is 10.7. The molecule has 0 bridgehead atoms. The highest BCUT2D eigenvalue weighted by molar-refractivity contribution is 7.89. The molecule has 1 aliphatic rings. The number of hydrogen-bond acceptors (Lipinski definition) is 7. The Morgan fingerprint density at radius 2 is 1.57 bits per heavy atom. The summed E-state index contributed by atoms with van der Waals surface area (Å²) in [5.74, 6) is 1.63. The molecule has 0 atom stereocenters. The number of anilines is 1. The predicted octanol–water partition coefficient (Wildman–Crippen LogP) is 4.61. The lowest BCUT2D eigenvalue weighted by molar-refractivity contribution is 0.314. The first-order valence-electron chi connectivity index (χ1n) is 12.5. The van der Waals surface area contributed by atoms with Crippen LogP contribution in [-0.2, 0) is 10.0 Å². The fraction of sp³-hybridized carbons (Fsp3) is 0.286. The van der Waals surface area contributed by atoms with Gasteiger partial charge in [-0.2, -0.15) is 4.31 Å². The van der Waals surface area contributed by atoms with Crippen molar-refractivity contribution in [2.45, 2.75) is 18.7 Å². The van der Waals surface area contributed by atoms with Crippen molar-refractivity contribution in [1.29, 1.82) is 0 Å². The van der Waals surface area contributed by atoms with Gasteiger partial charge in [0.05, 0.1) is 18.9 Å². The summed E-state index contributed by atoms with van der Waals surface area (Å²) in [6, 6.07) is 23.2. The SMILES string of the molecule is CCOc1ccc(S(=O)(=O)N2CCN(c3ccc(-c4cccc5ccccc45)nn3)CC2)c(OCC)c1. The highest BCUT2D eigenvalue weighted by Gasteiger charge is 2.31. The van der Waals surface area contributed by atoms with Crippen molar-refractivity contribution < 1.29 is 17.9 Å². The van der Waals surface area contributed by atoms with Gasteiger partial charge in [-0.25, -0.2) is 8.42 Å². The van der Waals surface area contributed by atoms with Gasteiger partial charge in [-0.05, 0) is 48.9 Å². The zero-order chi connectivity index (χ0) is 25.8. The molecule has 1 fully saturated rings. The fourth-order valence-electron chi connectivity index (χ4n) is 4.61. The van der Waals surface area contributed by atoms with Crippen molar-refractivity contribution in [3.05, 3.63) is 72.8 Å². The van der Waals surface area contributed by atoms with Gasteiger partial charge in [-0.3, -0.25) is 0 Å². The third kappa shape index (κ3) is 5.10. The number of sulfonamides is 1. The van der Waals surface area contributed by atoms with E-state index < -0.39 is 10.0 Å². The molecule has 1 saturated heterocycles. The Morgan fingerprint density at radius 3 is 2.30 bits per heavy atom. The summed E-state index contributed by atoms with van der Waals surface area (Å²) in [6.07, 6.45) is 0. The van der Waals surface area contributed by atoms with Gasteiger partial charge in [-0.1, -0.05) is 42.5 Å². The van der Waals surface area contributed by atoms with Crippen molar-refractivity contribution in [3.8, 4) is 22.8 Å². The molecule has 0 unspecified atom stereocenters. The van der Waals surface area contributed by atoms with E-state index >= 15 is 0 Å². The lowest BCUT2D eigenvalue weighted by Gasteiger charge is -2.34. The summed E-state index contributed by atoms with van der Waals surface area (Å²) in [5, 5.41) is 11.3. The summed E-state index contributed by atoms with van der Waals surface area (Å²) in [5.41, 5.74) is 1.84. The predicted molar refractivity (Wildman–Crippen MR) is 145 cm³/mol.